The van der Waals surface area contributed by atoms with Crippen LogP contribution in [0.5, 0.6) is 0 Å². The lowest BCUT2D eigenvalue weighted by atomic mass is 9.47. The molecule has 0 aromatic carbocycles. The summed E-state index contributed by atoms with van der Waals surface area (Å²) in [6.07, 6.45) is 10.7. The lowest BCUT2D eigenvalue weighted by Gasteiger charge is -2.57. The Morgan fingerprint density at radius 3 is 2.72 bits per heavy atom. The van der Waals surface area contributed by atoms with Crippen LogP contribution in [-0.2, 0) is 11.3 Å². The van der Waals surface area contributed by atoms with Crippen molar-refractivity contribution in [3.8, 4) is 6.07 Å². The standard InChI is InChI=1S/C27H36FN3O/c1-14-4-6-18-16(10-14)5-7-20-19(18)8-9-27(3)24(20)22-15(2)23(22)25(27)21(32)13-31-26(28)17(11-29)12-30-31/h12,14-16,18-20,22-25H,4-10,13H2,1-3H3/t14-,15-,16+,18-,19+,20+,22+,23-,24?,25-,27-/m0/s1. The highest BCUT2D eigenvalue weighted by molar-refractivity contribution is 5.83. The van der Waals surface area contributed by atoms with Crippen LogP contribution in [0.3, 0.4) is 0 Å². The van der Waals surface area contributed by atoms with Crippen molar-refractivity contribution < 1.29 is 9.18 Å². The molecule has 5 aliphatic rings. The van der Waals surface area contributed by atoms with E-state index in [1.54, 1.807) is 0 Å². The molecular weight excluding hydrogens is 401 g/mol. The molecule has 1 aromatic heterocycles. The Labute approximate surface area is 190 Å². The summed E-state index contributed by atoms with van der Waals surface area (Å²) in [6, 6.07) is 1.82. The van der Waals surface area contributed by atoms with Crippen LogP contribution >= 0.6 is 0 Å². The summed E-state index contributed by atoms with van der Waals surface area (Å²) in [5.41, 5.74) is -0.0265. The number of rotatable bonds is 3. The highest BCUT2D eigenvalue weighted by Gasteiger charge is 2.73. The molecule has 5 saturated carbocycles. The molecule has 0 spiro atoms. The number of nitriles is 1. The molecule has 6 rings (SSSR count). The van der Waals surface area contributed by atoms with E-state index in [2.05, 4.69) is 25.9 Å². The molecule has 1 heterocycles. The fourth-order valence-electron chi connectivity index (χ4n) is 9.89. The summed E-state index contributed by atoms with van der Waals surface area (Å²) in [5, 5.41) is 13.0. The minimum atomic E-state index is -0.672. The van der Waals surface area contributed by atoms with Gasteiger partial charge < -0.3 is 0 Å². The molecule has 0 N–H and O–H groups in total. The molecule has 4 nitrogen and oxygen atoms in total. The molecule has 5 fully saturated rings. The average Bonchev–Trinajstić information content (AvgIpc) is 3.12. The Balaban J connectivity index is 1.26. The minimum absolute atomic E-state index is 0.0201. The van der Waals surface area contributed by atoms with E-state index in [9.17, 15) is 9.18 Å². The van der Waals surface area contributed by atoms with Gasteiger partial charge >= 0.3 is 0 Å². The van der Waals surface area contributed by atoms with Gasteiger partial charge in [0.2, 0.25) is 5.95 Å². The van der Waals surface area contributed by atoms with Crippen molar-refractivity contribution in [1.29, 1.82) is 5.26 Å². The van der Waals surface area contributed by atoms with Crippen molar-refractivity contribution in [3.05, 3.63) is 17.7 Å². The van der Waals surface area contributed by atoms with Gasteiger partial charge in [-0.25, -0.2) is 4.68 Å². The summed E-state index contributed by atoms with van der Waals surface area (Å²) in [7, 11) is 0. The molecule has 1 aromatic rings. The second-order valence-corrected chi connectivity index (χ2v) is 12.4. The fourth-order valence-corrected chi connectivity index (χ4v) is 9.89. The van der Waals surface area contributed by atoms with Gasteiger partial charge in [0.1, 0.15) is 18.2 Å². The normalized spacial score (nSPS) is 48.7. The zero-order chi connectivity index (χ0) is 22.4. The third-order valence-corrected chi connectivity index (χ3v) is 11.1. The van der Waals surface area contributed by atoms with E-state index in [0.717, 1.165) is 40.7 Å². The van der Waals surface area contributed by atoms with Gasteiger partial charge in [-0.2, -0.15) is 14.8 Å². The lowest BCUT2D eigenvalue weighted by molar-refractivity contribution is -0.135. The highest BCUT2D eigenvalue weighted by Crippen LogP contribution is 2.76. The van der Waals surface area contributed by atoms with Gasteiger partial charge in [0, 0.05) is 5.92 Å². The number of aromatic nitrogens is 2. The van der Waals surface area contributed by atoms with Crippen LogP contribution in [0.15, 0.2) is 6.20 Å². The predicted octanol–water partition coefficient (Wildman–Crippen LogP) is 5.47. The van der Waals surface area contributed by atoms with Crippen LogP contribution < -0.4 is 0 Å². The zero-order valence-corrected chi connectivity index (χ0v) is 19.6. The number of carbonyl (C=O) groups is 1. The molecule has 32 heavy (non-hydrogen) atoms. The van der Waals surface area contributed by atoms with E-state index in [4.69, 9.17) is 5.26 Å². The summed E-state index contributed by atoms with van der Waals surface area (Å²) in [4.78, 5) is 13.6. The van der Waals surface area contributed by atoms with Crippen LogP contribution in [-0.4, -0.2) is 15.6 Å². The molecule has 5 aliphatic carbocycles. The molecule has 0 saturated heterocycles. The van der Waals surface area contributed by atoms with Gasteiger partial charge in [-0.15, -0.1) is 0 Å². The van der Waals surface area contributed by atoms with Gasteiger partial charge in [-0.1, -0.05) is 27.2 Å². The van der Waals surface area contributed by atoms with Crippen LogP contribution in [0.25, 0.3) is 0 Å². The molecule has 0 aliphatic heterocycles. The second kappa shape index (κ2) is 7.15. The van der Waals surface area contributed by atoms with E-state index in [-0.39, 0.29) is 29.2 Å². The van der Waals surface area contributed by atoms with Crippen LogP contribution in [0.2, 0.25) is 0 Å². The van der Waals surface area contributed by atoms with Gasteiger partial charge in [0.05, 0.1) is 6.20 Å². The van der Waals surface area contributed by atoms with Crippen molar-refractivity contribution in [2.75, 3.05) is 0 Å². The molecule has 5 heteroatoms. The molecular formula is C27H36FN3O. The van der Waals surface area contributed by atoms with Crippen LogP contribution in [0, 0.1) is 81.9 Å². The van der Waals surface area contributed by atoms with Gasteiger partial charge in [0.15, 0.2) is 5.78 Å². The first kappa shape index (κ1) is 20.9. The van der Waals surface area contributed by atoms with E-state index in [1.807, 2.05) is 6.07 Å². The van der Waals surface area contributed by atoms with E-state index >= 15 is 0 Å². The first-order chi connectivity index (χ1) is 15.3. The first-order valence-corrected chi connectivity index (χ1v) is 13.0. The van der Waals surface area contributed by atoms with E-state index in [0.29, 0.717) is 23.7 Å². The number of hydrogen-bond acceptors (Lipinski definition) is 3. The molecule has 11 atom stereocenters. The van der Waals surface area contributed by atoms with E-state index < -0.39 is 5.95 Å². The number of ketones is 1. The average molecular weight is 438 g/mol. The largest absolute Gasteiger partial charge is 0.297 e. The second-order valence-electron chi connectivity index (χ2n) is 12.4. The number of fused-ring (bicyclic) bond motifs is 7. The monoisotopic (exact) mass is 437 g/mol. The summed E-state index contributed by atoms with van der Waals surface area (Å²) >= 11 is 0. The smallest absolute Gasteiger partial charge is 0.229 e. The Morgan fingerprint density at radius 2 is 1.97 bits per heavy atom. The molecule has 0 radical (unpaired) electrons. The number of halogens is 1. The maximum absolute atomic E-state index is 14.4. The van der Waals surface area contributed by atoms with Gasteiger partial charge in [-0.05, 0) is 97.2 Å². The Kier molecular flexibility index (Phi) is 4.66. The first-order valence-electron chi connectivity index (χ1n) is 13.0. The molecule has 0 amide bonds. The van der Waals surface area contributed by atoms with Crippen molar-refractivity contribution in [3.63, 3.8) is 0 Å². The van der Waals surface area contributed by atoms with Crippen LogP contribution in [0.4, 0.5) is 4.39 Å². The third-order valence-electron chi connectivity index (χ3n) is 11.1. The predicted molar refractivity (Wildman–Crippen MR) is 119 cm³/mol. The Hall–Kier alpha value is -1.70. The summed E-state index contributed by atoms with van der Waals surface area (Å²) in [6.45, 7) is 7.14. The van der Waals surface area contributed by atoms with Crippen molar-refractivity contribution in [2.45, 2.75) is 72.3 Å². The summed E-state index contributed by atoms with van der Waals surface area (Å²) in [5.74, 6) is 6.30. The summed E-state index contributed by atoms with van der Waals surface area (Å²) < 4.78 is 15.5. The highest BCUT2D eigenvalue weighted by atomic mass is 19.1. The minimum Gasteiger partial charge on any atom is -0.297 e. The van der Waals surface area contributed by atoms with Crippen molar-refractivity contribution >= 4 is 5.78 Å². The Bertz CT molecular complexity index is 980. The quantitative estimate of drug-likeness (QED) is 0.630. The maximum atomic E-state index is 14.4. The topological polar surface area (TPSA) is 58.7 Å². The number of nitrogens with zero attached hydrogens (tertiary/aromatic N) is 3. The zero-order valence-electron chi connectivity index (χ0n) is 19.6. The number of carbonyl (C=O) groups excluding carboxylic acids is 1. The van der Waals surface area contributed by atoms with E-state index in [1.165, 1.54) is 44.7 Å². The Morgan fingerprint density at radius 1 is 1.19 bits per heavy atom. The van der Waals surface area contributed by atoms with Gasteiger partial charge in [0.25, 0.3) is 0 Å². The molecule has 172 valence electrons. The number of Topliss-reactive ketones (excluding diaryl/α,β-unsaturated/α-hetero) is 1. The number of hydrogen-bond donors (Lipinski definition) is 0. The molecule has 0 bridgehead atoms. The third kappa shape index (κ3) is 2.77. The van der Waals surface area contributed by atoms with Crippen molar-refractivity contribution in [2.24, 2.45) is 64.6 Å². The van der Waals surface area contributed by atoms with Gasteiger partial charge in [-0.3, -0.25) is 4.79 Å². The van der Waals surface area contributed by atoms with Crippen LogP contribution in [0.1, 0.15) is 71.3 Å². The lowest BCUT2D eigenvalue weighted by Crippen LogP contribution is -2.51. The SMILES string of the molecule is C[C@H]1CC[C@H]2[C@H](CC[C@H]3C4[C@@H]5[C@H](C)[C@@H]5[C@H](C(=O)Cn5ncc(C#N)c5F)[C@@]4(C)CC[C@H]23)C1. The fraction of sp³-hybridized carbons (Fsp3) is 0.815. The molecule has 1 unspecified atom stereocenters. The van der Waals surface area contributed by atoms with Crippen molar-refractivity contribution in [1.82, 2.24) is 9.78 Å². The maximum Gasteiger partial charge on any atom is 0.229 e.